The summed E-state index contributed by atoms with van der Waals surface area (Å²) in [5, 5.41) is 1.51. The molecule has 1 saturated heterocycles. The second-order valence-corrected chi connectivity index (χ2v) is 9.98. The van der Waals surface area contributed by atoms with Gasteiger partial charge in [0.05, 0.1) is 17.6 Å². The van der Waals surface area contributed by atoms with E-state index in [4.69, 9.17) is 14.3 Å². The van der Waals surface area contributed by atoms with Crippen molar-refractivity contribution in [3.05, 3.63) is 101 Å². The minimum absolute atomic E-state index is 0.152. The number of hydrogen-bond donors (Lipinski definition) is 1. The fraction of sp³-hybridized carbons (Fsp3) is 0.312. The van der Waals surface area contributed by atoms with Gasteiger partial charge >= 0.3 is 0 Å². The van der Waals surface area contributed by atoms with Crippen LogP contribution in [0.25, 0.3) is 0 Å². The van der Waals surface area contributed by atoms with E-state index in [1.54, 1.807) is 24.3 Å². The smallest absolute Gasteiger partial charge is 0.286 e. The first-order chi connectivity index (χ1) is 19.7. The number of hydrogen-bond acceptors (Lipinski definition) is 7. The van der Waals surface area contributed by atoms with E-state index < -0.39 is 11.1 Å². The first-order valence-corrected chi connectivity index (χ1v) is 14.0. The maximum absolute atomic E-state index is 12.8. The van der Waals surface area contributed by atoms with Crippen LogP contribution >= 0.6 is 11.8 Å². The SMILES string of the molecule is C/C=C/CCO/C(C)=C/C=C(\C)CC.C=O.O=C1NC(=O)[C@@H](Cc2ccc(OCC(=O)c3ccc(F)cc3)cc2)S1. The first-order valence-electron chi connectivity index (χ1n) is 13.1. The van der Waals surface area contributed by atoms with E-state index >= 15 is 0 Å². The molecule has 9 heteroatoms. The van der Waals surface area contributed by atoms with Crippen LogP contribution in [0.3, 0.4) is 0 Å². The molecule has 41 heavy (non-hydrogen) atoms. The number of nitrogens with one attached hydrogen (secondary N) is 1. The Hall–Kier alpha value is -3.98. The summed E-state index contributed by atoms with van der Waals surface area (Å²) in [6, 6.07) is 12.3. The van der Waals surface area contributed by atoms with Crippen LogP contribution < -0.4 is 10.1 Å². The van der Waals surface area contributed by atoms with Crippen molar-refractivity contribution in [3.8, 4) is 5.75 Å². The molecule has 0 aromatic heterocycles. The minimum atomic E-state index is -0.417. The second kappa shape index (κ2) is 20.0. The summed E-state index contributed by atoms with van der Waals surface area (Å²) >= 11 is 0.983. The van der Waals surface area contributed by atoms with Crippen LogP contribution in [-0.4, -0.2) is 42.2 Å². The van der Waals surface area contributed by atoms with Crippen molar-refractivity contribution in [1.82, 2.24) is 5.32 Å². The molecule has 3 rings (SSSR count). The van der Waals surface area contributed by atoms with E-state index in [1.165, 1.54) is 29.8 Å². The monoisotopic (exact) mass is 583 g/mol. The predicted molar refractivity (Wildman–Crippen MR) is 162 cm³/mol. The van der Waals surface area contributed by atoms with Crippen LogP contribution in [0.4, 0.5) is 9.18 Å². The number of halogens is 1. The Labute approximate surface area is 245 Å². The largest absolute Gasteiger partial charge is 0.498 e. The maximum atomic E-state index is 12.8. The third kappa shape index (κ3) is 14.3. The quantitative estimate of drug-likeness (QED) is 0.0942. The molecule has 0 radical (unpaired) electrons. The highest BCUT2D eigenvalue weighted by Gasteiger charge is 2.31. The van der Waals surface area contributed by atoms with E-state index in [9.17, 15) is 18.8 Å². The minimum Gasteiger partial charge on any atom is -0.498 e. The molecular formula is C32H38FNO6S. The highest BCUT2D eigenvalue weighted by molar-refractivity contribution is 8.15. The van der Waals surface area contributed by atoms with Gasteiger partial charge in [-0.15, -0.1) is 0 Å². The van der Waals surface area contributed by atoms with E-state index in [0.717, 1.165) is 42.5 Å². The van der Waals surface area contributed by atoms with Gasteiger partial charge in [-0.2, -0.15) is 0 Å². The first kappa shape index (κ1) is 35.0. The Morgan fingerprint density at radius 2 is 1.71 bits per heavy atom. The Kier molecular flexibility index (Phi) is 17.1. The summed E-state index contributed by atoms with van der Waals surface area (Å²) in [6.07, 6.45) is 10.8. The molecule has 0 saturated carbocycles. The van der Waals surface area contributed by atoms with Crippen LogP contribution in [0.15, 0.2) is 84.2 Å². The Bertz CT molecular complexity index is 1210. The highest BCUT2D eigenvalue weighted by atomic mass is 32.2. The van der Waals surface area contributed by atoms with Crippen LogP contribution in [0, 0.1) is 5.82 Å². The number of thioether (sulfide) groups is 1. The van der Waals surface area contributed by atoms with Gasteiger partial charge in [-0.1, -0.05) is 54.6 Å². The number of ketones is 1. The van der Waals surface area contributed by atoms with Crippen molar-refractivity contribution in [3.63, 3.8) is 0 Å². The fourth-order valence-corrected chi connectivity index (χ4v) is 4.07. The molecule has 2 aromatic rings. The van der Waals surface area contributed by atoms with Gasteiger partial charge in [-0.3, -0.25) is 19.7 Å². The molecule has 220 valence electrons. The summed E-state index contributed by atoms with van der Waals surface area (Å²) in [5.41, 5.74) is 2.65. The number of benzene rings is 2. The molecule has 1 aliphatic heterocycles. The van der Waals surface area contributed by atoms with Gasteiger partial charge in [0.2, 0.25) is 5.91 Å². The standard InChI is InChI=1S/C18H14FNO4S.C13H22O.CH2O/c19-13-5-3-12(4-6-13)15(21)10-24-14-7-1-11(2-8-14)9-16-17(22)20-18(23)25-16;1-5-7-8-11-14-13(4)10-9-12(3)6-2;1-2/h1-8,16H,9-10H2,(H,20,22,23);5,7,9-10H,6,8,11H2,1-4H3;1H2/b;7-5+,12-9+,13-10+;/t16-;;/m1../s1. The van der Waals surface area contributed by atoms with Crippen LogP contribution in [0.5, 0.6) is 5.75 Å². The number of carbonyl (C=O) groups is 4. The van der Waals surface area contributed by atoms with Gasteiger partial charge < -0.3 is 14.3 Å². The van der Waals surface area contributed by atoms with E-state index in [2.05, 4.69) is 31.3 Å². The van der Waals surface area contributed by atoms with Gasteiger partial charge in [-0.25, -0.2) is 4.39 Å². The van der Waals surface area contributed by atoms with Crippen molar-refractivity contribution in [2.24, 2.45) is 0 Å². The number of ether oxygens (including phenoxy) is 2. The number of rotatable bonds is 12. The van der Waals surface area contributed by atoms with Gasteiger partial charge in [0, 0.05) is 5.56 Å². The molecule has 1 fully saturated rings. The van der Waals surface area contributed by atoms with Crippen molar-refractivity contribution in [2.75, 3.05) is 13.2 Å². The summed E-state index contributed by atoms with van der Waals surface area (Å²) in [6.45, 7) is 10.9. The number of carbonyl (C=O) groups excluding carboxylic acids is 4. The van der Waals surface area contributed by atoms with Gasteiger partial charge in [0.15, 0.2) is 12.4 Å². The van der Waals surface area contributed by atoms with Gasteiger partial charge in [0.25, 0.3) is 5.24 Å². The molecule has 7 nitrogen and oxygen atoms in total. The summed E-state index contributed by atoms with van der Waals surface area (Å²) in [5.74, 6) is 0.576. The molecule has 0 aliphatic carbocycles. The predicted octanol–water partition coefficient (Wildman–Crippen LogP) is 7.03. The van der Waals surface area contributed by atoms with Crippen molar-refractivity contribution < 1.29 is 33.0 Å². The molecule has 0 bridgehead atoms. The summed E-state index contributed by atoms with van der Waals surface area (Å²) < 4.78 is 23.8. The lowest BCUT2D eigenvalue weighted by Gasteiger charge is -2.08. The lowest BCUT2D eigenvalue weighted by atomic mass is 10.1. The fourth-order valence-electron chi connectivity index (χ4n) is 3.21. The molecule has 1 atom stereocenters. The van der Waals surface area contributed by atoms with E-state index in [0.29, 0.717) is 17.7 Å². The average molecular weight is 584 g/mol. The second-order valence-electron chi connectivity index (χ2n) is 8.80. The molecule has 2 aromatic carbocycles. The van der Waals surface area contributed by atoms with Crippen molar-refractivity contribution >= 4 is 35.5 Å². The number of amides is 2. The molecule has 1 N–H and O–H groups in total. The topological polar surface area (TPSA) is 98.8 Å². The van der Waals surface area contributed by atoms with Gasteiger partial charge in [0.1, 0.15) is 18.4 Å². The third-order valence-corrected chi connectivity index (χ3v) is 6.64. The van der Waals surface area contributed by atoms with Crippen molar-refractivity contribution in [1.29, 1.82) is 0 Å². The zero-order chi connectivity index (χ0) is 30.6. The molecule has 0 spiro atoms. The Morgan fingerprint density at radius 3 is 2.27 bits per heavy atom. The maximum Gasteiger partial charge on any atom is 0.286 e. The van der Waals surface area contributed by atoms with E-state index in [-0.39, 0.29) is 23.5 Å². The van der Waals surface area contributed by atoms with Gasteiger partial charge in [-0.05, 0) is 88.1 Å². The molecule has 1 aliphatic rings. The summed E-state index contributed by atoms with van der Waals surface area (Å²) in [4.78, 5) is 42.7. The number of allylic oxidation sites excluding steroid dienone is 5. The highest BCUT2D eigenvalue weighted by Crippen LogP contribution is 2.24. The number of imide groups is 1. The zero-order valence-electron chi connectivity index (χ0n) is 24.0. The Morgan fingerprint density at radius 1 is 1.05 bits per heavy atom. The Balaban J connectivity index is 0.000000450. The molecular weight excluding hydrogens is 545 g/mol. The molecule has 0 unspecified atom stereocenters. The normalized spacial score (nSPS) is 14.9. The molecule has 2 amide bonds. The van der Waals surface area contributed by atoms with E-state index in [1.807, 2.05) is 32.8 Å². The van der Waals surface area contributed by atoms with Crippen LogP contribution in [0.2, 0.25) is 0 Å². The third-order valence-electron chi connectivity index (χ3n) is 5.66. The summed E-state index contributed by atoms with van der Waals surface area (Å²) in [7, 11) is 0. The lowest BCUT2D eigenvalue weighted by Crippen LogP contribution is -2.25. The molecule has 1 heterocycles. The zero-order valence-corrected chi connectivity index (χ0v) is 24.8. The van der Waals surface area contributed by atoms with Crippen molar-refractivity contribution in [2.45, 2.75) is 52.2 Å². The lowest BCUT2D eigenvalue weighted by molar-refractivity contribution is -0.119. The van der Waals surface area contributed by atoms with Crippen LogP contribution in [-0.2, 0) is 20.7 Å². The van der Waals surface area contributed by atoms with Crippen LogP contribution in [0.1, 0.15) is 56.5 Å². The average Bonchev–Trinajstić information content (AvgIpc) is 3.31. The number of Topliss-reactive ketones (excluding diaryl/α,β-unsaturated/α-hetero) is 1.